The topological polar surface area (TPSA) is 78.5 Å². The summed E-state index contributed by atoms with van der Waals surface area (Å²) in [6.07, 6.45) is 0. The monoisotopic (exact) mass is 417 g/mol. The molecule has 0 saturated heterocycles. The summed E-state index contributed by atoms with van der Waals surface area (Å²) < 4.78 is 0.794. The first-order valence-electron chi connectivity index (χ1n) is 7.99. The van der Waals surface area contributed by atoms with E-state index in [0.29, 0.717) is 16.9 Å². The van der Waals surface area contributed by atoms with E-state index in [4.69, 9.17) is 0 Å². The second-order valence-corrected chi connectivity index (χ2v) is 6.74. The minimum Gasteiger partial charge on any atom is -0.325 e. The second-order valence-electron chi connectivity index (χ2n) is 5.88. The van der Waals surface area contributed by atoms with Crippen LogP contribution in [-0.4, -0.2) is 42.6 Å². The minimum absolute atomic E-state index is 0.0290. The Labute approximate surface area is 160 Å². The van der Waals surface area contributed by atoms with Crippen LogP contribution in [-0.2, 0) is 9.59 Å². The summed E-state index contributed by atoms with van der Waals surface area (Å²) in [7, 11) is 1.69. The highest BCUT2D eigenvalue weighted by Gasteiger charge is 2.12. The quantitative estimate of drug-likeness (QED) is 0.678. The summed E-state index contributed by atoms with van der Waals surface area (Å²) in [5, 5.41) is 5.53. The first kappa shape index (κ1) is 19.8. The Morgan fingerprint density at radius 1 is 0.923 bits per heavy atom. The van der Waals surface area contributed by atoms with E-state index in [1.54, 1.807) is 42.3 Å². The average Bonchev–Trinajstić information content (AvgIpc) is 2.57. The summed E-state index contributed by atoms with van der Waals surface area (Å²) in [6.45, 7) is 1.64. The normalized spacial score (nSPS) is 10.5. The lowest BCUT2D eigenvalue weighted by atomic mass is 10.1. The van der Waals surface area contributed by atoms with E-state index in [9.17, 15) is 14.4 Å². The van der Waals surface area contributed by atoms with Crippen molar-refractivity contribution in [2.24, 2.45) is 0 Å². The van der Waals surface area contributed by atoms with Crippen LogP contribution in [0.2, 0.25) is 0 Å². The number of ketones is 1. The number of carbonyl (C=O) groups is 3. The number of para-hydroxylation sites is 1. The number of likely N-dealkylation sites (N-methyl/N-ethyl adjacent to an activating group) is 1. The third kappa shape index (κ3) is 6.09. The molecule has 2 aromatic carbocycles. The predicted molar refractivity (Wildman–Crippen MR) is 105 cm³/mol. The Balaban J connectivity index is 1.82. The molecule has 0 aliphatic rings. The summed E-state index contributed by atoms with van der Waals surface area (Å²) >= 11 is 3.37. The first-order chi connectivity index (χ1) is 12.3. The number of nitrogens with zero attached hydrogens (tertiary/aromatic N) is 1. The summed E-state index contributed by atoms with van der Waals surface area (Å²) in [4.78, 5) is 37.0. The number of benzene rings is 2. The van der Waals surface area contributed by atoms with E-state index in [0.717, 1.165) is 4.47 Å². The molecule has 2 aromatic rings. The summed E-state index contributed by atoms with van der Waals surface area (Å²) in [6, 6.07) is 14.0. The molecular formula is C19H20BrN3O3. The van der Waals surface area contributed by atoms with Crippen molar-refractivity contribution in [3.63, 3.8) is 0 Å². The zero-order valence-corrected chi connectivity index (χ0v) is 16.2. The van der Waals surface area contributed by atoms with Crippen LogP contribution >= 0.6 is 15.9 Å². The Morgan fingerprint density at radius 2 is 1.50 bits per heavy atom. The van der Waals surface area contributed by atoms with Gasteiger partial charge in [0.05, 0.1) is 18.8 Å². The van der Waals surface area contributed by atoms with E-state index < -0.39 is 0 Å². The van der Waals surface area contributed by atoms with Crippen molar-refractivity contribution in [2.75, 3.05) is 30.8 Å². The zero-order chi connectivity index (χ0) is 19.1. The van der Waals surface area contributed by atoms with Crippen molar-refractivity contribution in [1.82, 2.24) is 4.90 Å². The standard InChI is InChI=1S/C19H20BrN3O3/c1-13(24)14-7-9-15(10-8-14)21-18(25)11-23(2)12-19(26)22-17-6-4-3-5-16(17)20/h3-10H,11-12H2,1-2H3,(H,21,25)(H,22,26). The van der Waals surface area contributed by atoms with Crippen molar-refractivity contribution in [3.8, 4) is 0 Å². The molecule has 0 aliphatic carbocycles. The number of anilines is 2. The smallest absolute Gasteiger partial charge is 0.238 e. The van der Waals surface area contributed by atoms with Gasteiger partial charge in [-0.05, 0) is 66.3 Å². The Kier molecular flexibility index (Phi) is 7.06. The lowest BCUT2D eigenvalue weighted by Gasteiger charge is -2.16. The largest absolute Gasteiger partial charge is 0.325 e. The highest BCUT2D eigenvalue weighted by Crippen LogP contribution is 2.20. The van der Waals surface area contributed by atoms with Gasteiger partial charge in [-0.2, -0.15) is 0 Å². The fourth-order valence-corrected chi connectivity index (χ4v) is 2.67. The molecule has 0 atom stereocenters. The second kappa shape index (κ2) is 9.26. The highest BCUT2D eigenvalue weighted by atomic mass is 79.9. The van der Waals surface area contributed by atoms with Crippen LogP contribution in [0.3, 0.4) is 0 Å². The van der Waals surface area contributed by atoms with Crippen LogP contribution in [0, 0.1) is 0 Å². The molecule has 0 bridgehead atoms. The lowest BCUT2D eigenvalue weighted by Crippen LogP contribution is -2.36. The van der Waals surface area contributed by atoms with E-state index >= 15 is 0 Å². The summed E-state index contributed by atoms with van der Waals surface area (Å²) in [5.41, 5.74) is 1.87. The van der Waals surface area contributed by atoms with Crippen LogP contribution in [0.5, 0.6) is 0 Å². The van der Waals surface area contributed by atoms with Crippen molar-refractivity contribution >= 4 is 44.9 Å². The van der Waals surface area contributed by atoms with Gasteiger partial charge < -0.3 is 10.6 Å². The van der Waals surface area contributed by atoms with Crippen LogP contribution in [0.4, 0.5) is 11.4 Å². The molecule has 0 fully saturated rings. The molecular weight excluding hydrogens is 398 g/mol. The molecule has 0 heterocycles. The maximum Gasteiger partial charge on any atom is 0.238 e. The molecule has 0 aliphatic heterocycles. The maximum absolute atomic E-state index is 12.1. The third-order valence-electron chi connectivity index (χ3n) is 3.55. The number of Topliss-reactive ketones (excluding diaryl/α,β-unsaturated/α-hetero) is 1. The highest BCUT2D eigenvalue weighted by molar-refractivity contribution is 9.10. The minimum atomic E-state index is -0.239. The van der Waals surface area contributed by atoms with Crippen LogP contribution in [0.25, 0.3) is 0 Å². The molecule has 6 nitrogen and oxygen atoms in total. The molecule has 0 aromatic heterocycles. The molecule has 136 valence electrons. The number of carbonyl (C=O) groups excluding carboxylic acids is 3. The Morgan fingerprint density at radius 3 is 2.08 bits per heavy atom. The molecule has 0 unspecified atom stereocenters. The third-order valence-corrected chi connectivity index (χ3v) is 4.24. The number of hydrogen-bond donors (Lipinski definition) is 2. The van der Waals surface area contributed by atoms with Crippen molar-refractivity contribution in [3.05, 3.63) is 58.6 Å². The molecule has 26 heavy (non-hydrogen) atoms. The molecule has 0 radical (unpaired) electrons. The van der Waals surface area contributed by atoms with Crippen molar-refractivity contribution in [2.45, 2.75) is 6.92 Å². The van der Waals surface area contributed by atoms with Gasteiger partial charge in [-0.25, -0.2) is 0 Å². The first-order valence-corrected chi connectivity index (χ1v) is 8.78. The number of amides is 2. The van der Waals surface area contributed by atoms with Gasteiger partial charge in [0.2, 0.25) is 11.8 Å². The lowest BCUT2D eigenvalue weighted by molar-refractivity contribution is -0.119. The van der Waals surface area contributed by atoms with E-state index in [1.807, 2.05) is 18.2 Å². The molecule has 2 N–H and O–H groups in total. The van der Waals surface area contributed by atoms with E-state index in [1.165, 1.54) is 6.92 Å². The molecule has 2 amide bonds. The van der Waals surface area contributed by atoms with Gasteiger partial charge in [0, 0.05) is 15.7 Å². The van der Waals surface area contributed by atoms with Gasteiger partial charge in [0.15, 0.2) is 5.78 Å². The average molecular weight is 418 g/mol. The van der Waals surface area contributed by atoms with Gasteiger partial charge in [-0.1, -0.05) is 12.1 Å². The van der Waals surface area contributed by atoms with Crippen molar-refractivity contribution < 1.29 is 14.4 Å². The van der Waals surface area contributed by atoms with Crippen molar-refractivity contribution in [1.29, 1.82) is 0 Å². The van der Waals surface area contributed by atoms with Gasteiger partial charge in [-0.3, -0.25) is 19.3 Å². The number of halogens is 1. The van der Waals surface area contributed by atoms with Gasteiger partial charge in [0.1, 0.15) is 0 Å². The Hall–Kier alpha value is -2.51. The predicted octanol–water partition coefficient (Wildman–Crippen LogP) is 3.16. The van der Waals surface area contributed by atoms with Gasteiger partial charge in [0.25, 0.3) is 0 Å². The number of nitrogens with one attached hydrogen (secondary N) is 2. The molecule has 2 rings (SSSR count). The fraction of sp³-hybridized carbons (Fsp3) is 0.211. The maximum atomic E-state index is 12.1. The molecule has 0 spiro atoms. The van der Waals surface area contributed by atoms with Gasteiger partial charge >= 0.3 is 0 Å². The fourth-order valence-electron chi connectivity index (χ4n) is 2.29. The number of rotatable bonds is 7. The van der Waals surface area contributed by atoms with E-state index in [2.05, 4.69) is 26.6 Å². The number of hydrogen-bond acceptors (Lipinski definition) is 4. The summed E-state index contributed by atoms with van der Waals surface area (Å²) in [5.74, 6) is -0.478. The van der Waals surface area contributed by atoms with Gasteiger partial charge in [-0.15, -0.1) is 0 Å². The van der Waals surface area contributed by atoms with E-state index in [-0.39, 0.29) is 30.7 Å². The van der Waals surface area contributed by atoms with Crippen LogP contribution in [0.15, 0.2) is 53.0 Å². The Bertz CT molecular complexity index is 806. The molecule has 0 saturated carbocycles. The SMILES string of the molecule is CC(=O)c1ccc(NC(=O)CN(C)CC(=O)Nc2ccccc2Br)cc1. The molecule has 7 heteroatoms. The zero-order valence-electron chi connectivity index (χ0n) is 14.6. The van der Waals surface area contributed by atoms with Crippen LogP contribution in [0.1, 0.15) is 17.3 Å². The van der Waals surface area contributed by atoms with Crippen LogP contribution < -0.4 is 10.6 Å².